The van der Waals surface area contributed by atoms with Crippen molar-refractivity contribution in [2.24, 2.45) is 5.41 Å². The summed E-state index contributed by atoms with van der Waals surface area (Å²) in [4.78, 5) is 29.4. The van der Waals surface area contributed by atoms with Crippen LogP contribution in [0.5, 0.6) is 0 Å². The lowest BCUT2D eigenvalue weighted by Gasteiger charge is -2.23. The summed E-state index contributed by atoms with van der Waals surface area (Å²) in [5.41, 5.74) is 0.576. The number of carboxylic acid groups (broad SMARTS) is 1. The average Bonchev–Trinajstić information content (AvgIpc) is 2.83. The first-order valence-corrected chi connectivity index (χ1v) is 6.44. The minimum atomic E-state index is -0.809. The molecule has 1 aliphatic heterocycles. The molecule has 2 rings (SSSR count). The van der Waals surface area contributed by atoms with Crippen LogP contribution in [0.2, 0.25) is 0 Å². The normalized spacial score (nSPS) is 22.5. The largest absolute Gasteiger partial charge is 0.481 e. The number of hydrogen-bond donors (Lipinski definition) is 1. The van der Waals surface area contributed by atoms with E-state index in [4.69, 9.17) is 0 Å². The topological polar surface area (TPSA) is 70.5 Å². The summed E-state index contributed by atoms with van der Waals surface area (Å²) in [6, 6.07) is 3.40. The zero-order chi connectivity index (χ0) is 14.0. The number of pyridine rings is 1. The number of aryl methyl sites for hydroxylation is 1. The molecule has 19 heavy (non-hydrogen) atoms. The molecule has 0 bridgehead atoms. The van der Waals surface area contributed by atoms with Gasteiger partial charge < -0.3 is 10.0 Å². The molecule has 102 valence electrons. The average molecular weight is 262 g/mol. The van der Waals surface area contributed by atoms with Crippen LogP contribution in [0.3, 0.4) is 0 Å². The molecule has 5 nitrogen and oxygen atoms in total. The van der Waals surface area contributed by atoms with Crippen molar-refractivity contribution < 1.29 is 14.7 Å². The molecular weight excluding hydrogens is 244 g/mol. The third-order valence-electron chi connectivity index (χ3n) is 3.92. The van der Waals surface area contributed by atoms with E-state index in [1.54, 1.807) is 23.2 Å². The second-order valence-corrected chi connectivity index (χ2v) is 5.10. The maximum Gasteiger partial charge on any atom is 0.311 e. The van der Waals surface area contributed by atoms with Crippen LogP contribution in [0.1, 0.15) is 35.8 Å². The zero-order valence-electron chi connectivity index (χ0n) is 11.2. The van der Waals surface area contributed by atoms with E-state index in [0.717, 1.165) is 5.69 Å². The van der Waals surface area contributed by atoms with Crippen LogP contribution in [0, 0.1) is 12.3 Å². The minimum Gasteiger partial charge on any atom is -0.481 e. The number of aliphatic carboxylic acids is 1. The van der Waals surface area contributed by atoms with E-state index in [-0.39, 0.29) is 5.91 Å². The van der Waals surface area contributed by atoms with Gasteiger partial charge in [-0.2, -0.15) is 0 Å². The van der Waals surface area contributed by atoms with Gasteiger partial charge in [0, 0.05) is 30.5 Å². The molecule has 1 fully saturated rings. The molecule has 1 aliphatic rings. The highest BCUT2D eigenvalue weighted by Crippen LogP contribution is 2.34. The van der Waals surface area contributed by atoms with Gasteiger partial charge in [-0.1, -0.05) is 6.92 Å². The van der Waals surface area contributed by atoms with Crippen molar-refractivity contribution in [3.8, 4) is 0 Å². The zero-order valence-corrected chi connectivity index (χ0v) is 11.2. The predicted molar refractivity (Wildman–Crippen MR) is 69.9 cm³/mol. The van der Waals surface area contributed by atoms with E-state index in [1.165, 1.54) is 0 Å². The molecule has 2 heterocycles. The molecule has 5 heteroatoms. The Morgan fingerprint density at radius 1 is 1.53 bits per heavy atom. The number of nitrogens with zero attached hydrogens (tertiary/aromatic N) is 2. The molecule has 1 aromatic heterocycles. The van der Waals surface area contributed by atoms with E-state index in [2.05, 4.69) is 4.98 Å². The first kappa shape index (κ1) is 13.5. The van der Waals surface area contributed by atoms with Crippen LogP contribution in [-0.2, 0) is 4.79 Å². The highest BCUT2D eigenvalue weighted by atomic mass is 16.4. The first-order chi connectivity index (χ1) is 8.98. The smallest absolute Gasteiger partial charge is 0.311 e. The van der Waals surface area contributed by atoms with Crippen LogP contribution in [0.15, 0.2) is 18.3 Å². The second-order valence-electron chi connectivity index (χ2n) is 5.10. The van der Waals surface area contributed by atoms with Crippen LogP contribution in [0.4, 0.5) is 0 Å². The minimum absolute atomic E-state index is 0.109. The molecule has 1 atom stereocenters. The quantitative estimate of drug-likeness (QED) is 0.900. The number of hydrogen-bond acceptors (Lipinski definition) is 3. The Hall–Kier alpha value is -1.91. The number of rotatable bonds is 3. The molecule has 0 radical (unpaired) electrons. The Balaban J connectivity index is 2.17. The van der Waals surface area contributed by atoms with E-state index in [9.17, 15) is 14.7 Å². The summed E-state index contributed by atoms with van der Waals surface area (Å²) in [7, 11) is 0. The molecule has 0 aliphatic carbocycles. The summed E-state index contributed by atoms with van der Waals surface area (Å²) in [5, 5.41) is 9.33. The van der Waals surface area contributed by atoms with Gasteiger partial charge in [0.15, 0.2) is 0 Å². The Bertz CT molecular complexity index is 515. The predicted octanol–water partition coefficient (Wildman–Crippen LogP) is 1.72. The maximum atomic E-state index is 12.3. The SMILES string of the molecule is CCC1(C(=O)O)CCN(C(=O)c2ccnc(C)c2)C1. The van der Waals surface area contributed by atoms with E-state index in [0.29, 0.717) is 31.5 Å². The van der Waals surface area contributed by atoms with Gasteiger partial charge in [0.1, 0.15) is 0 Å². The van der Waals surface area contributed by atoms with Crippen molar-refractivity contribution in [1.82, 2.24) is 9.88 Å². The highest BCUT2D eigenvalue weighted by Gasteiger charge is 2.44. The van der Waals surface area contributed by atoms with Gasteiger partial charge in [-0.25, -0.2) is 0 Å². The van der Waals surface area contributed by atoms with Crippen LogP contribution in [0.25, 0.3) is 0 Å². The molecule has 1 saturated heterocycles. The number of carboxylic acids is 1. The fourth-order valence-corrected chi connectivity index (χ4v) is 2.52. The Kier molecular flexibility index (Phi) is 3.55. The van der Waals surface area contributed by atoms with Crippen molar-refractivity contribution in [3.05, 3.63) is 29.6 Å². The Morgan fingerprint density at radius 2 is 2.26 bits per heavy atom. The standard InChI is InChI=1S/C14H18N2O3/c1-3-14(13(18)19)5-7-16(9-14)12(17)11-4-6-15-10(2)8-11/h4,6,8H,3,5,7,9H2,1-2H3,(H,18,19). The summed E-state index contributed by atoms with van der Waals surface area (Å²) in [6.07, 6.45) is 2.67. The van der Waals surface area contributed by atoms with Gasteiger partial charge in [0.25, 0.3) is 5.91 Å². The highest BCUT2D eigenvalue weighted by molar-refractivity contribution is 5.95. The fraction of sp³-hybridized carbons (Fsp3) is 0.500. The molecule has 0 spiro atoms. The molecular formula is C14H18N2O3. The van der Waals surface area contributed by atoms with E-state index in [1.807, 2.05) is 13.8 Å². The van der Waals surface area contributed by atoms with Gasteiger partial charge in [0.2, 0.25) is 0 Å². The van der Waals surface area contributed by atoms with Gasteiger partial charge in [-0.05, 0) is 31.9 Å². The van der Waals surface area contributed by atoms with E-state index < -0.39 is 11.4 Å². The van der Waals surface area contributed by atoms with Gasteiger partial charge in [0.05, 0.1) is 5.41 Å². The summed E-state index contributed by atoms with van der Waals surface area (Å²) < 4.78 is 0. The summed E-state index contributed by atoms with van der Waals surface area (Å²) in [5.74, 6) is -0.918. The monoisotopic (exact) mass is 262 g/mol. The summed E-state index contributed by atoms with van der Waals surface area (Å²) in [6.45, 7) is 4.48. The van der Waals surface area contributed by atoms with Gasteiger partial charge >= 0.3 is 5.97 Å². The van der Waals surface area contributed by atoms with Gasteiger partial charge in [-0.3, -0.25) is 14.6 Å². The molecule has 1 unspecified atom stereocenters. The molecule has 0 aromatic carbocycles. The van der Waals surface area contributed by atoms with Gasteiger partial charge in [-0.15, -0.1) is 0 Å². The third-order valence-corrected chi connectivity index (χ3v) is 3.92. The number of carbonyl (C=O) groups excluding carboxylic acids is 1. The molecule has 0 saturated carbocycles. The molecule has 1 N–H and O–H groups in total. The lowest BCUT2D eigenvalue weighted by molar-refractivity contribution is -0.148. The first-order valence-electron chi connectivity index (χ1n) is 6.44. The van der Waals surface area contributed by atoms with Crippen molar-refractivity contribution >= 4 is 11.9 Å². The number of carbonyl (C=O) groups is 2. The number of likely N-dealkylation sites (tertiary alicyclic amines) is 1. The van der Waals surface area contributed by atoms with Crippen molar-refractivity contribution in [2.45, 2.75) is 26.7 Å². The van der Waals surface area contributed by atoms with Crippen molar-refractivity contribution in [1.29, 1.82) is 0 Å². The number of amides is 1. The Morgan fingerprint density at radius 3 is 2.79 bits per heavy atom. The van der Waals surface area contributed by atoms with Crippen molar-refractivity contribution in [2.75, 3.05) is 13.1 Å². The molecule has 1 aromatic rings. The fourth-order valence-electron chi connectivity index (χ4n) is 2.52. The van der Waals surface area contributed by atoms with Crippen molar-refractivity contribution in [3.63, 3.8) is 0 Å². The van der Waals surface area contributed by atoms with Crippen LogP contribution >= 0.6 is 0 Å². The second kappa shape index (κ2) is 4.99. The van der Waals surface area contributed by atoms with Crippen LogP contribution in [-0.4, -0.2) is 40.0 Å². The van der Waals surface area contributed by atoms with E-state index >= 15 is 0 Å². The number of aromatic nitrogens is 1. The van der Waals surface area contributed by atoms with Crippen LogP contribution < -0.4 is 0 Å². The maximum absolute atomic E-state index is 12.3. The summed E-state index contributed by atoms with van der Waals surface area (Å²) >= 11 is 0. The third kappa shape index (κ3) is 2.45. The molecule has 1 amide bonds. The Labute approximate surface area is 112 Å². The lowest BCUT2D eigenvalue weighted by Crippen LogP contribution is -2.36. The lowest BCUT2D eigenvalue weighted by atomic mass is 9.84.